The van der Waals surface area contributed by atoms with E-state index in [9.17, 15) is 9.59 Å². The van der Waals surface area contributed by atoms with E-state index in [0.717, 1.165) is 23.5 Å². The summed E-state index contributed by atoms with van der Waals surface area (Å²) in [6, 6.07) is 7.25. The van der Waals surface area contributed by atoms with Gasteiger partial charge >= 0.3 is 5.97 Å². The number of para-hydroxylation sites is 2. The molecule has 8 nitrogen and oxygen atoms in total. The second kappa shape index (κ2) is 10.6. The first kappa shape index (κ1) is 24.4. The maximum absolute atomic E-state index is 12.5. The summed E-state index contributed by atoms with van der Waals surface area (Å²) in [5, 5.41) is 6.82. The van der Waals surface area contributed by atoms with Crippen molar-refractivity contribution < 1.29 is 19.1 Å². The van der Waals surface area contributed by atoms with Gasteiger partial charge in [-0.1, -0.05) is 26.0 Å². The number of benzene rings is 1. The van der Waals surface area contributed by atoms with Crippen LogP contribution in [0.5, 0.6) is 5.75 Å². The second-order valence-electron chi connectivity index (χ2n) is 8.21. The third-order valence-electron chi connectivity index (χ3n) is 5.14. The van der Waals surface area contributed by atoms with E-state index in [4.69, 9.17) is 9.47 Å². The Morgan fingerprint density at radius 3 is 2.61 bits per heavy atom. The average Bonchev–Trinajstić information content (AvgIpc) is 3.32. The number of hydrogen-bond donors (Lipinski definition) is 0. The molecule has 0 saturated heterocycles. The summed E-state index contributed by atoms with van der Waals surface area (Å²) in [6.07, 6.45) is 0.160. The Kier molecular flexibility index (Phi) is 7.86. The van der Waals surface area contributed by atoms with Crippen molar-refractivity contribution >= 4 is 34.0 Å². The van der Waals surface area contributed by atoms with E-state index >= 15 is 0 Å². The first-order chi connectivity index (χ1) is 15.7. The van der Waals surface area contributed by atoms with Gasteiger partial charge < -0.3 is 9.47 Å². The van der Waals surface area contributed by atoms with Gasteiger partial charge in [-0.05, 0) is 31.9 Å². The van der Waals surface area contributed by atoms with Gasteiger partial charge in [-0.15, -0.1) is 11.3 Å². The number of anilines is 2. The average molecular weight is 471 g/mol. The lowest BCUT2D eigenvalue weighted by Gasteiger charge is -2.20. The molecule has 0 fully saturated rings. The highest BCUT2D eigenvalue weighted by molar-refractivity contribution is 7.14. The van der Waals surface area contributed by atoms with Crippen molar-refractivity contribution in [3.63, 3.8) is 0 Å². The quantitative estimate of drug-likeness (QED) is 0.425. The van der Waals surface area contributed by atoms with E-state index in [0.29, 0.717) is 28.2 Å². The highest BCUT2D eigenvalue weighted by Gasteiger charge is 2.22. The van der Waals surface area contributed by atoms with Crippen LogP contribution in [0.1, 0.15) is 43.4 Å². The Bertz CT molecular complexity index is 1140. The molecule has 3 rings (SSSR count). The van der Waals surface area contributed by atoms with E-state index in [1.165, 1.54) is 23.2 Å². The number of carbonyl (C=O) groups is 2. The van der Waals surface area contributed by atoms with Crippen LogP contribution in [0.25, 0.3) is 0 Å². The van der Waals surface area contributed by atoms with Gasteiger partial charge in [0.1, 0.15) is 12.4 Å². The van der Waals surface area contributed by atoms with Crippen LogP contribution in [0.15, 0.2) is 29.6 Å². The van der Waals surface area contributed by atoms with Gasteiger partial charge in [0, 0.05) is 30.1 Å². The summed E-state index contributed by atoms with van der Waals surface area (Å²) in [7, 11) is 1.56. The molecule has 0 N–H and O–H groups in total. The minimum atomic E-state index is -0.340. The number of nitrogens with zero attached hydrogens (tertiary/aromatic N) is 4. The van der Waals surface area contributed by atoms with Gasteiger partial charge in [0.2, 0.25) is 5.91 Å². The van der Waals surface area contributed by atoms with Gasteiger partial charge in [-0.2, -0.15) is 5.10 Å². The largest absolute Gasteiger partial charge is 0.495 e. The molecule has 3 aromatic rings. The molecule has 0 bridgehead atoms. The highest BCUT2D eigenvalue weighted by atomic mass is 32.1. The molecule has 176 valence electrons. The minimum Gasteiger partial charge on any atom is -0.495 e. The molecule has 0 spiro atoms. The lowest BCUT2D eigenvalue weighted by Crippen LogP contribution is -2.23. The molecule has 1 aromatic carbocycles. The van der Waals surface area contributed by atoms with Crippen molar-refractivity contribution in [1.82, 2.24) is 14.8 Å². The lowest BCUT2D eigenvalue weighted by atomic mass is 10.1. The monoisotopic (exact) mass is 470 g/mol. The Balaban J connectivity index is 1.68. The van der Waals surface area contributed by atoms with E-state index in [2.05, 4.69) is 23.9 Å². The fourth-order valence-electron chi connectivity index (χ4n) is 3.55. The molecule has 2 heterocycles. The molecule has 0 unspecified atom stereocenters. The third-order valence-corrected chi connectivity index (χ3v) is 6.02. The Morgan fingerprint density at radius 2 is 1.94 bits per heavy atom. The number of aromatic nitrogens is 3. The number of thiazole rings is 1. The summed E-state index contributed by atoms with van der Waals surface area (Å²) in [5.41, 5.74) is 3.92. The van der Waals surface area contributed by atoms with Crippen molar-refractivity contribution in [2.24, 2.45) is 5.92 Å². The molecule has 33 heavy (non-hydrogen) atoms. The van der Waals surface area contributed by atoms with Crippen molar-refractivity contribution in [3.05, 3.63) is 52.3 Å². The fraction of sp³-hybridized carbons (Fsp3) is 0.417. The van der Waals surface area contributed by atoms with Crippen LogP contribution in [-0.2, 0) is 33.9 Å². The smallest absolute Gasteiger partial charge is 0.310 e. The molecule has 0 aliphatic carbocycles. The third kappa shape index (κ3) is 5.78. The Labute approximate surface area is 198 Å². The zero-order chi connectivity index (χ0) is 24.1. The second-order valence-corrected chi connectivity index (χ2v) is 9.05. The number of methoxy groups -OCH3 is 1. The molecule has 0 radical (unpaired) electrons. The predicted molar refractivity (Wildman–Crippen MR) is 128 cm³/mol. The van der Waals surface area contributed by atoms with Crippen molar-refractivity contribution in [2.45, 2.75) is 54.2 Å². The summed E-state index contributed by atoms with van der Waals surface area (Å²) in [5.74, 6) is 0.501. The first-order valence-corrected chi connectivity index (χ1v) is 11.7. The molecule has 9 heteroatoms. The number of ether oxygens (including phenoxy) is 2. The highest BCUT2D eigenvalue weighted by Crippen LogP contribution is 2.35. The number of hydrogen-bond acceptors (Lipinski definition) is 7. The van der Waals surface area contributed by atoms with Gasteiger partial charge in [-0.25, -0.2) is 4.98 Å². The normalized spacial score (nSPS) is 11.0. The first-order valence-electron chi connectivity index (χ1n) is 10.8. The van der Waals surface area contributed by atoms with Crippen LogP contribution in [-0.4, -0.2) is 33.8 Å². The molecular formula is C24H30N4O4S. The van der Waals surface area contributed by atoms with Crippen LogP contribution < -0.4 is 9.64 Å². The minimum absolute atomic E-state index is 0.0330. The summed E-state index contributed by atoms with van der Waals surface area (Å²) in [6.45, 7) is 10.5. The lowest BCUT2D eigenvalue weighted by molar-refractivity contribution is -0.144. The fourth-order valence-corrected chi connectivity index (χ4v) is 4.41. The van der Waals surface area contributed by atoms with E-state index in [1.54, 1.807) is 24.6 Å². The number of esters is 1. The van der Waals surface area contributed by atoms with Crippen molar-refractivity contribution in [1.29, 1.82) is 0 Å². The van der Waals surface area contributed by atoms with Crippen LogP contribution in [0.3, 0.4) is 0 Å². The van der Waals surface area contributed by atoms with Gasteiger partial charge in [0.25, 0.3) is 0 Å². The predicted octanol–water partition coefficient (Wildman–Crippen LogP) is 4.59. The molecular weight excluding hydrogens is 440 g/mol. The van der Waals surface area contributed by atoms with Crippen LogP contribution in [0, 0.1) is 19.8 Å². The maximum Gasteiger partial charge on any atom is 0.310 e. The maximum atomic E-state index is 12.5. The topological polar surface area (TPSA) is 86.5 Å². The summed E-state index contributed by atoms with van der Waals surface area (Å²) < 4.78 is 12.8. The number of amides is 1. The molecule has 0 saturated carbocycles. The van der Waals surface area contributed by atoms with Gasteiger partial charge in [0.15, 0.2) is 5.13 Å². The van der Waals surface area contributed by atoms with Crippen LogP contribution in [0.2, 0.25) is 0 Å². The van der Waals surface area contributed by atoms with E-state index in [1.807, 2.05) is 30.7 Å². The molecule has 0 atom stereocenters. The number of aryl methyl sites for hydroxylation is 1. The zero-order valence-corrected chi connectivity index (χ0v) is 20.7. The van der Waals surface area contributed by atoms with Crippen molar-refractivity contribution in [3.8, 4) is 5.75 Å². The van der Waals surface area contributed by atoms with Gasteiger partial charge in [-0.3, -0.25) is 19.2 Å². The number of carbonyl (C=O) groups excluding carboxylic acids is 2. The SMILES string of the molecule is COc1ccccc1N(C(C)=O)c1nc(COC(=O)Cc2c(C)nn(CC(C)C)c2C)cs1. The molecule has 0 aliphatic heterocycles. The Morgan fingerprint density at radius 1 is 1.21 bits per heavy atom. The van der Waals surface area contributed by atoms with E-state index < -0.39 is 0 Å². The van der Waals surface area contributed by atoms with E-state index in [-0.39, 0.29) is 24.9 Å². The summed E-state index contributed by atoms with van der Waals surface area (Å²) in [4.78, 5) is 30.9. The van der Waals surface area contributed by atoms with Crippen molar-refractivity contribution in [2.75, 3.05) is 12.0 Å². The molecule has 0 aliphatic rings. The molecule has 2 aromatic heterocycles. The van der Waals surface area contributed by atoms with Crippen LogP contribution in [0.4, 0.5) is 10.8 Å². The Hall–Kier alpha value is -3.20. The van der Waals surface area contributed by atoms with Crippen LogP contribution >= 0.6 is 11.3 Å². The summed E-state index contributed by atoms with van der Waals surface area (Å²) >= 11 is 1.30. The number of rotatable bonds is 9. The molecule has 1 amide bonds. The zero-order valence-electron chi connectivity index (χ0n) is 19.9. The standard InChI is InChI=1S/C24H30N4O4S/c1-15(2)12-27-17(4)20(16(3)26-27)11-23(30)32-13-19-14-33-24(25-19)28(18(5)29)21-9-7-8-10-22(21)31-6/h7-10,14-15H,11-13H2,1-6H3. The van der Waals surface area contributed by atoms with Gasteiger partial charge in [0.05, 0.1) is 30.6 Å².